The van der Waals surface area contributed by atoms with Crippen molar-refractivity contribution in [1.82, 2.24) is 9.97 Å². The Morgan fingerprint density at radius 2 is 2.05 bits per heavy atom. The second-order valence-electron chi connectivity index (χ2n) is 5.59. The highest BCUT2D eigenvalue weighted by Crippen LogP contribution is 2.37. The summed E-state index contributed by atoms with van der Waals surface area (Å²) < 4.78 is 0. The third-order valence-electron chi connectivity index (χ3n) is 3.74. The van der Waals surface area contributed by atoms with Gasteiger partial charge in [0.15, 0.2) is 0 Å². The van der Waals surface area contributed by atoms with E-state index in [1.54, 1.807) is 6.92 Å². The Morgan fingerprint density at radius 1 is 1.25 bits per heavy atom. The maximum absolute atomic E-state index is 9.49. The minimum atomic E-state index is -0.377. The van der Waals surface area contributed by atoms with E-state index >= 15 is 0 Å². The van der Waals surface area contributed by atoms with Crippen molar-refractivity contribution in [3.63, 3.8) is 0 Å². The summed E-state index contributed by atoms with van der Waals surface area (Å²) in [5.41, 5.74) is 1.44. The summed E-state index contributed by atoms with van der Waals surface area (Å²) in [4.78, 5) is 11.7. The lowest BCUT2D eigenvalue weighted by molar-refractivity contribution is 0.208. The fourth-order valence-corrected chi connectivity index (χ4v) is 4.12. The van der Waals surface area contributed by atoms with Crippen LogP contribution in [0, 0.1) is 6.92 Å². The molecule has 0 saturated carbocycles. The zero-order chi connectivity index (χ0) is 14.1. The number of thiophene rings is 1. The van der Waals surface area contributed by atoms with Crippen LogP contribution in [0.15, 0.2) is 0 Å². The monoisotopic (exact) mass is 291 g/mol. The second-order valence-corrected chi connectivity index (χ2v) is 6.68. The summed E-state index contributed by atoms with van der Waals surface area (Å²) in [6.45, 7) is 4.24. The van der Waals surface area contributed by atoms with E-state index in [1.165, 1.54) is 41.5 Å². The normalized spacial score (nSPS) is 16.8. The number of nitrogens with one attached hydrogen (secondary N) is 1. The quantitative estimate of drug-likeness (QED) is 0.853. The number of hydrogen-bond donors (Lipinski definition) is 2. The molecule has 4 nitrogen and oxygen atoms in total. The topological polar surface area (TPSA) is 58.0 Å². The lowest BCUT2D eigenvalue weighted by atomic mass is 10.1. The highest BCUT2D eigenvalue weighted by atomic mass is 32.1. The van der Waals surface area contributed by atoms with E-state index < -0.39 is 0 Å². The molecule has 2 heterocycles. The average molecular weight is 291 g/mol. The van der Waals surface area contributed by atoms with Crippen LogP contribution in [0.2, 0.25) is 0 Å². The van der Waals surface area contributed by atoms with Gasteiger partial charge in [-0.05, 0) is 45.1 Å². The van der Waals surface area contributed by atoms with Crippen LogP contribution in [-0.4, -0.2) is 27.7 Å². The molecule has 1 atom stereocenters. The molecule has 1 aliphatic rings. The maximum atomic E-state index is 9.49. The van der Waals surface area contributed by atoms with Crippen molar-refractivity contribution in [2.45, 2.75) is 52.1 Å². The number of aliphatic hydroxyl groups excluding tert-OH is 1. The molecule has 2 N–H and O–H groups in total. The molecule has 0 aliphatic heterocycles. The van der Waals surface area contributed by atoms with Gasteiger partial charge in [-0.25, -0.2) is 9.97 Å². The number of aromatic nitrogens is 2. The Bertz CT molecular complexity index is 621. The zero-order valence-corrected chi connectivity index (χ0v) is 12.9. The number of aryl methyl sites for hydroxylation is 3. The van der Waals surface area contributed by atoms with E-state index in [1.807, 2.05) is 18.3 Å². The van der Waals surface area contributed by atoms with Gasteiger partial charge in [0.2, 0.25) is 0 Å². The van der Waals surface area contributed by atoms with Crippen LogP contribution in [0.1, 0.15) is 42.5 Å². The number of rotatable bonds is 3. The fraction of sp³-hybridized carbons (Fsp3) is 0.600. The Hall–Kier alpha value is -1.20. The van der Waals surface area contributed by atoms with Crippen LogP contribution >= 0.6 is 11.3 Å². The number of anilines is 1. The summed E-state index contributed by atoms with van der Waals surface area (Å²) in [5, 5.41) is 14.0. The van der Waals surface area contributed by atoms with Gasteiger partial charge < -0.3 is 10.4 Å². The molecular weight excluding hydrogens is 270 g/mol. The third-order valence-corrected chi connectivity index (χ3v) is 4.93. The lowest BCUT2D eigenvalue weighted by Crippen LogP contribution is -2.16. The summed E-state index contributed by atoms with van der Waals surface area (Å²) in [6, 6.07) is 0. The van der Waals surface area contributed by atoms with Crippen LogP contribution in [0.5, 0.6) is 0 Å². The summed E-state index contributed by atoms with van der Waals surface area (Å²) >= 11 is 1.82. The number of fused-ring (bicyclic) bond motifs is 3. The predicted molar refractivity (Wildman–Crippen MR) is 83.6 cm³/mol. The highest BCUT2D eigenvalue weighted by molar-refractivity contribution is 7.19. The van der Waals surface area contributed by atoms with Gasteiger partial charge >= 0.3 is 0 Å². The van der Waals surface area contributed by atoms with Crippen molar-refractivity contribution in [1.29, 1.82) is 0 Å². The molecule has 2 aromatic rings. The van der Waals surface area contributed by atoms with E-state index in [4.69, 9.17) is 0 Å². The standard InChI is InChI=1S/C15H21N3OS/c1-9(19)8-16-14-13-11-6-4-3-5-7-12(11)20-15(13)18-10(2)17-14/h9,19H,3-8H2,1-2H3,(H,16,17,18)/t9-/m1/s1. The van der Waals surface area contributed by atoms with Gasteiger partial charge in [0.25, 0.3) is 0 Å². The first kappa shape index (κ1) is 13.8. The molecule has 0 aromatic carbocycles. The molecular formula is C15H21N3OS. The smallest absolute Gasteiger partial charge is 0.138 e. The molecule has 0 bridgehead atoms. The maximum Gasteiger partial charge on any atom is 0.138 e. The first-order chi connectivity index (χ1) is 9.65. The Balaban J connectivity index is 2.09. The van der Waals surface area contributed by atoms with Crippen molar-refractivity contribution in [2.75, 3.05) is 11.9 Å². The van der Waals surface area contributed by atoms with E-state index in [0.717, 1.165) is 22.9 Å². The first-order valence-electron chi connectivity index (χ1n) is 7.36. The molecule has 0 amide bonds. The van der Waals surface area contributed by atoms with E-state index in [-0.39, 0.29) is 6.10 Å². The van der Waals surface area contributed by atoms with E-state index in [2.05, 4.69) is 15.3 Å². The van der Waals surface area contributed by atoms with Gasteiger partial charge in [-0.1, -0.05) is 6.42 Å². The number of aliphatic hydroxyl groups is 1. The molecule has 5 heteroatoms. The molecule has 108 valence electrons. The first-order valence-corrected chi connectivity index (χ1v) is 8.17. The SMILES string of the molecule is Cc1nc(NC[C@@H](C)O)c2c3c(sc2n1)CCCCC3. The molecule has 0 radical (unpaired) electrons. The minimum absolute atomic E-state index is 0.377. The second kappa shape index (κ2) is 5.66. The van der Waals surface area contributed by atoms with Gasteiger partial charge in [0, 0.05) is 11.4 Å². The van der Waals surface area contributed by atoms with Crippen LogP contribution in [0.25, 0.3) is 10.2 Å². The minimum Gasteiger partial charge on any atom is -0.392 e. The summed E-state index contributed by atoms with van der Waals surface area (Å²) in [6.07, 6.45) is 5.77. The van der Waals surface area contributed by atoms with Crippen LogP contribution < -0.4 is 5.32 Å². The summed E-state index contributed by atoms with van der Waals surface area (Å²) in [7, 11) is 0. The number of hydrogen-bond acceptors (Lipinski definition) is 5. The molecule has 0 spiro atoms. The molecule has 20 heavy (non-hydrogen) atoms. The van der Waals surface area contributed by atoms with E-state index in [9.17, 15) is 5.11 Å². The van der Waals surface area contributed by atoms with Crippen molar-refractivity contribution < 1.29 is 5.11 Å². The molecule has 0 saturated heterocycles. The average Bonchev–Trinajstić information content (AvgIpc) is 2.58. The van der Waals surface area contributed by atoms with E-state index in [0.29, 0.717) is 6.54 Å². The zero-order valence-electron chi connectivity index (χ0n) is 12.1. The van der Waals surface area contributed by atoms with Gasteiger partial charge in [-0.3, -0.25) is 0 Å². The predicted octanol–water partition coefficient (Wildman–Crippen LogP) is 3.06. The van der Waals surface area contributed by atoms with Gasteiger partial charge in [0.05, 0.1) is 11.5 Å². The molecule has 3 rings (SSSR count). The van der Waals surface area contributed by atoms with Crippen molar-refractivity contribution in [3.8, 4) is 0 Å². The van der Waals surface area contributed by atoms with Gasteiger partial charge in [-0.2, -0.15) is 0 Å². The Labute approximate surface area is 123 Å². The molecule has 2 aromatic heterocycles. The molecule has 1 aliphatic carbocycles. The Morgan fingerprint density at radius 3 is 2.85 bits per heavy atom. The Kier molecular flexibility index (Phi) is 3.89. The summed E-state index contributed by atoms with van der Waals surface area (Å²) in [5.74, 6) is 1.69. The van der Waals surface area contributed by atoms with Crippen molar-refractivity contribution in [3.05, 3.63) is 16.3 Å². The largest absolute Gasteiger partial charge is 0.392 e. The van der Waals surface area contributed by atoms with Crippen LogP contribution in [-0.2, 0) is 12.8 Å². The molecule has 0 fully saturated rings. The lowest BCUT2D eigenvalue weighted by Gasteiger charge is -2.10. The van der Waals surface area contributed by atoms with Crippen LogP contribution in [0.3, 0.4) is 0 Å². The third kappa shape index (κ3) is 2.65. The van der Waals surface area contributed by atoms with Crippen molar-refractivity contribution in [2.24, 2.45) is 0 Å². The highest BCUT2D eigenvalue weighted by Gasteiger charge is 2.19. The molecule has 0 unspecified atom stereocenters. The van der Waals surface area contributed by atoms with Gasteiger partial charge in [0.1, 0.15) is 16.5 Å². The van der Waals surface area contributed by atoms with Crippen LogP contribution in [0.4, 0.5) is 5.82 Å². The number of nitrogens with zero attached hydrogens (tertiary/aromatic N) is 2. The van der Waals surface area contributed by atoms with Crippen molar-refractivity contribution >= 4 is 27.4 Å². The van der Waals surface area contributed by atoms with Gasteiger partial charge in [-0.15, -0.1) is 11.3 Å². The fourth-order valence-electron chi connectivity index (χ4n) is 2.81.